The molecule has 1 saturated carbocycles. The molecule has 2 aliphatic rings. The van der Waals surface area contributed by atoms with Crippen LogP contribution < -0.4 is 5.32 Å². The van der Waals surface area contributed by atoms with Crippen LogP contribution in [0.15, 0.2) is 18.6 Å². The average Bonchev–Trinajstić information content (AvgIpc) is 3.24. The van der Waals surface area contributed by atoms with Gasteiger partial charge in [-0.05, 0) is 31.6 Å². The number of amides is 2. The molecule has 1 aromatic rings. The lowest BCUT2D eigenvalue weighted by atomic mass is 9.90. The zero-order chi connectivity index (χ0) is 16.3. The molecule has 1 aromatic heterocycles. The first-order chi connectivity index (χ1) is 11.2. The second kappa shape index (κ2) is 6.64. The first-order valence-corrected chi connectivity index (χ1v) is 8.47. The zero-order valence-corrected chi connectivity index (χ0v) is 13.6. The number of carbonyl (C=O) groups excluding carboxylic acids is 2. The molecule has 2 fully saturated rings. The minimum atomic E-state index is -1.00. The number of carbonyl (C=O) groups is 2. The molecule has 1 saturated heterocycles. The van der Waals surface area contributed by atoms with Crippen molar-refractivity contribution in [3.63, 3.8) is 0 Å². The van der Waals surface area contributed by atoms with E-state index in [-0.39, 0.29) is 11.8 Å². The first kappa shape index (κ1) is 15.9. The van der Waals surface area contributed by atoms with Gasteiger partial charge in [-0.2, -0.15) is 0 Å². The molecule has 0 spiro atoms. The van der Waals surface area contributed by atoms with E-state index in [0.29, 0.717) is 31.0 Å². The van der Waals surface area contributed by atoms with Crippen molar-refractivity contribution in [3.05, 3.63) is 24.3 Å². The van der Waals surface area contributed by atoms with Crippen molar-refractivity contribution in [2.45, 2.75) is 50.5 Å². The van der Waals surface area contributed by atoms with Gasteiger partial charge in [-0.3, -0.25) is 19.6 Å². The molecule has 0 aromatic carbocycles. The number of nitrogens with one attached hydrogen (secondary N) is 1. The van der Waals surface area contributed by atoms with E-state index in [9.17, 15) is 9.59 Å². The smallest absolute Gasteiger partial charge is 0.252 e. The second-order valence-corrected chi connectivity index (χ2v) is 6.53. The van der Waals surface area contributed by atoms with E-state index in [1.807, 2.05) is 0 Å². The van der Waals surface area contributed by atoms with Crippen LogP contribution in [0.2, 0.25) is 0 Å². The molecule has 6 heteroatoms. The standard InChI is InChI=1S/C17H24N4O2/c1-18-16(23)17(14-12-19-8-9-20-14)7-4-10-21(17)15(22)11-13-5-2-3-6-13/h8-9,12-13H,2-7,10-11H2,1H3,(H,18,23)/t17-/m0/s1. The molecule has 1 aliphatic heterocycles. The van der Waals surface area contributed by atoms with Gasteiger partial charge in [0.05, 0.1) is 11.9 Å². The Morgan fingerprint density at radius 1 is 1.30 bits per heavy atom. The van der Waals surface area contributed by atoms with Crippen LogP contribution in [0, 0.1) is 5.92 Å². The number of rotatable bonds is 4. The molecule has 0 radical (unpaired) electrons. The average molecular weight is 316 g/mol. The summed E-state index contributed by atoms with van der Waals surface area (Å²) in [5.74, 6) is 0.367. The van der Waals surface area contributed by atoms with Gasteiger partial charge in [0.1, 0.15) is 0 Å². The summed E-state index contributed by atoms with van der Waals surface area (Å²) in [6.07, 6.45) is 11.4. The maximum Gasteiger partial charge on any atom is 0.252 e. The first-order valence-electron chi connectivity index (χ1n) is 8.47. The lowest BCUT2D eigenvalue weighted by Gasteiger charge is -2.36. The van der Waals surface area contributed by atoms with Gasteiger partial charge in [0, 0.05) is 32.4 Å². The fourth-order valence-corrected chi connectivity index (χ4v) is 4.07. The summed E-state index contributed by atoms with van der Waals surface area (Å²) in [7, 11) is 1.61. The molecular weight excluding hydrogens is 292 g/mol. The summed E-state index contributed by atoms with van der Waals surface area (Å²) in [6.45, 7) is 0.607. The molecule has 1 N–H and O–H groups in total. The van der Waals surface area contributed by atoms with Crippen LogP contribution in [0.5, 0.6) is 0 Å². The number of hydrogen-bond acceptors (Lipinski definition) is 4. The van der Waals surface area contributed by atoms with Crippen LogP contribution in [0.4, 0.5) is 0 Å². The van der Waals surface area contributed by atoms with Crippen molar-refractivity contribution in [2.75, 3.05) is 13.6 Å². The molecule has 0 unspecified atom stereocenters. The maximum atomic E-state index is 12.9. The van der Waals surface area contributed by atoms with E-state index in [1.54, 1.807) is 30.5 Å². The monoisotopic (exact) mass is 316 g/mol. The van der Waals surface area contributed by atoms with Gasteiger partial charge < -0.3 is 10.2 Å². The second-order valence-electron chi connectivity index (χ2n) is 6.53. The van der Waals surface area contributed by atoms with Crippen LogP contribution >= 0.6 is 0 Å². The Labute approximate surface area is 136 Å². The number of hydrogen-bond donors (Lipinski definition) is 1. The van der Waals surface area contributed by atoms with Crippen LogP contribution in [-0.4, -0.2) is 40.3 Å². The number of aromatic nitrogens is 2. The predicted octanol–water partition coefficient (Wildman–Crippen LogP) is 1.62. The SMILES string of the molecule is CNC(=O)[C@@]1(c2cnccn2)CCCN1C(=O)CC1CCCC1. The number of likely N-dealkylation sites (N-methyl/N-ethyl adjacent to an activating group) is 1. The van der Waals surface area contributed by atoms with Gasteiger partial charge in [0.15, 0.2) is 5.54 Å². The van der Waals surface area contributed by atoms with Crippen molar-refractivity contribution in [2.24, 2.45) is 5.92 Å². The molecule has 1 atom stereocenters. The summed E-state index contributed by atoms with van der Waals surface area (Å²) < 4.78 is 0. The van der Waals surface area contributed by atoms with E-state index >= 15 is 0 Å². The quantitative estimate of drug-likeness (QED) is 0.916. The third-order valence-corrected chi connectivity index (χ3v) is 5.21. The van der Waals surface area contributed by atoms with Crippen molar-refractivity contribution < 1.29 is 9.59 Å². The Bertz CT molecular complexity index is 571. The van der Waals surface area contributed by atoms with E-state index < -0.39 is 5.54 Å². The van der Waals surface area contributed by atoms with Crippen molar-refractivity contribution in [1.82, 2.24) is 20.2 Å². The number of likely N-dealkylation sites (tertiary alicyclic amines) is 1. The van der Waals surface area contributed by atoms with Gasteiger partial charge >= 0.3 is 0 Å². The Morgan fingerprint density at radius 3 is 2.74 bits per heavy atom. The van der Waals surface area contributed by atoms with Gasteiger partial charge in [0.2, 0.25) is 5.91 Å². The summed E-state index contributed by atoms with van der Waals surface area (Å²) in [6, 6.07) is 0. The Balaban J connectivity index is 1.90. The zero-order valence-electron chi connectivity index (χ0n) is 13.6. The third kappa shape index (κ3) is 2.82. The molecule has 3 rings (SSSR count). The van der Waals surface area contributed by atoms with E-state index in [4.69, 9.17) is 0 Å². The van der Waals surface area contributed by atoms with Crippen LogP contribution in [-0.2, 0) is 15.1 Å². The Hall–Kier alpha value is -1.98. The lowest BCUT2D eigenvalue weighted by molar-refractivity contribution is -0.146. The topological polar surface area (TPSA) is 75.2 Å². The van der Waals surface area contributed by atoms with Crippen molar-refractivity contribution in [3.8, 4) is 0 Å². The summed E-state index contributed by atoms with van der Waals surface area (Å²) in [4.78, 5) is 35.8. The Morgan fingerprint density at radius 2 is 2.09 bits per heavy atom. The highest BCUT2D eigenvalue weighted by atomic mass is 16.2. The van der Waals surface area contributed by atoms with Crippen molar-refractivity contribution in [1.29, 1.82) is 0 Å². The molecule has 2 heterocycles. The van der Waals surface area contributed by atoms with E-state index in [1.165, 1.54) is 12.8 Å². The highest BCUT2D eigenvalue weighted by Gasteiger charge is 2.52. The molecule has 124 valence electrons. The Kier molecular flexibility index (Phi) is 4.59. The highest BCUT2D eigenvalue weighted by molar-refractivity contribution is 5.92. The molecule has 1 aliphatic carbocycles. The normalized spacial score (nSPS) is 24.8. The lowest BCUT2D eigenvalue weighted by Crippen LogP contribution is -2.55. The van der Waals surface area contributed by atoms with Gasteiger partial charge in [-0.1, -0.05) is 12.8 Å². The van der Waals surface area contributed by atoms with Crippen LogP contribution in [0.25, 0.3) is 0 Å². The van der Waals surface area contributed by atoms with Crippen LogP contribution in [0.3, 0.4) is 0 Å². The van der Waals surface area contributed by atoms with Gasteiger partial charge in [-0.25, -0.2) is 0 Å². The molecule has 0 bridgehead atoms. The fourth-order valence-electron chi connectivity index (χ4n) is 4.07. The summed E-state index contributed by atoms with van der Waals surface area (Å²) in [5.41, 5.74) is -0.435. The predicted molar refractivity (Wildman–Crippen MR) is 85.3 cm³/mol. The molecular formula is C17H24N4O2. The molecule has 2 amide bonds. The van der Waals surface area contributed by atoms with Gasteiger partial charge in [0.25, 0.3) is 5.91 Å². The van der Waals surface area contributed by atoms with Crippen molar-refractivity contribution >= 4 is 11.8 Å². The highest BCUT2D eigenvalue weighted by Crippen LogP contribution is 2.39. The molecule has 23 heavy (non-hydrogen) atoms. The van der Waals surface area contributed by atoms with E-state index in [0.717, 1.165) is 19.3 Å². The fraction of sp³-hybridized carbons (Fsp3) is 0.647. The summed E-state index contributed by atoms with van der Waals surface area (Å²) in [5, 5.41) is 2.72. The van der Waals surface area contributed by atoms with Crippen LogP contribution in [0.1, 0.15) is 50.6 Å². The number of nitrogens with zero attached hydrogens (tertiary/aromatic N) is 3. The minimum Gasteiger partial charge on any atom is -0.357 e. The molecule has 6 nitrogen and oxygen atoms in total. The summed E-state index contributed by atoms with van der Waals surface area (Å²) >= 11 is 0. The third-order valence-electron chi connectivity index (χ3n) is 5.21. The van der Waals surface area contributed by atoms with E-state index in [2.05, 4.69) is 15.3 Å². The maximum absolute atomic E-state index is 12.9. The van der Waals surface area contributed by atoms with Gasteiger partial charge in [-0.15, -0.1) is 0 Å². The minimum absolute atomic E-state index is 0.0728. The largest absolute Gasteiger partial charge is 0.357 e.